The Labute approximate surface area is 202 Å². The molecule has 10 nitrogen and oxygen atoms in total. The van der Waals surface area contributed by atoms with E-state index in [1.165, 1.54) is 0 Å². The van der Waals surface area contributed by atoms with E-state index in [0.717, 1.165) is 37.4 Å². The quantitative estimate of drug-likeness (QED) is 0.555. The van der Waals surface area contributed by atoms with Crippen LogP contribution in [0.1, 0.15) is 29.8 Å². The predicted molar refractivity (Wildman–Crippen MR) is 127 cm³/mol. The molecule has 3 aliphatic carbocycles. The Morgan fingerprint density at radius 1 is 1.03 bits per heavy atom. The molecule has 10 heteroatoms. The number of methoxy groups -OCH3 is 2. The number of aromatic nitrogens is 3. The summed E-state index contributed by atoms with van der Waals surface area (Å²) in [5.74, 6) is 1.24. The molecule has 182 valence electrons. The van der Waals surface area contributed by atoms with E-state index in [4.69, 9.17) is 9.47 Å². The molecule has 2 bridgehead atoms. The molecule has 2 amide bonds. The van der Waals surface area contributed by atoms with Crippen LogP contribution in [0.25, 0.3) is 16.9 Å². The summed E-state index contributed by atoms with van der Waals surface area (Å²) in [5.41, 5.74) is 1.93. The molecule has 3 saturated carbocycles. The summed E-state index contributed by atoms with van der Waals surface area (Å²) in [6, 6.07) is 9.14. The van der Waals surface area contributed by atoms with E-state index >= 15 is 0 Å². The summed E-state index contributed by atoms with van der Waals surface area (Å²) >= 11 is 0. The Bertz CT molecular complexity index is 1310. The van der Waals surface area contributed by atoms with E-state index in [1.54, 1.807) is 31.0 Å². The zero-order valence-electron chi connectivity index (χ0n) is 19.8. The lowest BCUT2D eigenvalue weighted by molar-refractivity contribution is -0.189. The molecule has 3 heterocycles. The van der Waals surface area contributed by atoms with Crippen LogP contribution in [-0.2, 0) is 4.79 Å². The number of fused-ring (bicyclic) bond motifs is 1. The molecule has 2 N–H and O–H groups in total. The van der Waals surface area contributed by atoms with Crippen LogP contribution in [-0.4, -0.2) is 77.2 Å². The maximum absolute atomic E-state index is 13.1. The van der Waals surface area contributed by atoms with Crippen molar-refractivity contribution in [2.24, 2.45) is 5.41 Å². The third kappa shape index (κ3) is 3.43. The fraction of sp³-hybridized carbons (Fsp3) is 0.440. The first-order chi connectivity index (χ1) is 17.0. The topological polar surface area (TPSA) is 110 Å². The monoisotopic (exact) mass is 476 g/mol. The molecule has 1 aliphatic heterocycles. The lowest BCUT2D eigenvalue weighted by atomic mass is 9.39. The van der Waals surface area contributed by atoms with E-state index in [1.807, 2.05) is 29.2 Å². The number of carbonyl (C=O) groups is 2. The first-order valence-corrected chi connectivity index (χ1v) is 11.9. The van der Waals surface area contributed by atoms with Gasteiger partial charge < -0.3 is 25.0 Å². The molecule has 7 rings (SSSR count). The van der Waals surface area contributed by atoms with Gasteiger partial charge in [-0.15, -0.1) is 0 Å². The summed E-state index contributed by atoms with van der Waals surface area (Å²) < 4.78 is 12.4. The van der Waals surface area contributed by atoms with Crippen LogP contribution in [0.5, 0.6) is 11.5 Å². The van der Waals surface area contributed by atoms with Gasteiger partial charge in [0.05, 0.1) is 25.3 Å². The second-order valence-electron chi connectivity index (χ2n) is 9.79. The van der Waals surface area contributed by atoms with Crippen molar-refractivity contribution in [1.82, 2.24) is 30.1 Å². The van der Waals surface area contributed by atoms with Crippen LogP contribution in [0, 0.1) is 5.41 Å². The molecule has 3 aromatic rings. The number of hydrogen-bond acceptors (Lipinski definition) is 7. The van der Waals surface area contributed by atoms with Crippen molar-refractivity contribution >= 4 is 17.5 Å². The average molecular weight is 477 g/mol. The number of nitrogens with one attached hydrogen (secondary N) is 2. The summed E-state index contributed by atoms with van der Waals surface area (Å²) in [5, 5.41) is 11.0. The van der Waals surface area contributed by atoms with Crippen LogP contribution >= 0.6 is 0 Å². The molecule has 0 atom stereocenters. The van der Waals surface area contributed by atoms with Gasteiger partial charge in [0.25, 0.3) is 5.91 Å². The van der Waals surface area contributed by atoms with Gasteiger partial charge in [-0.25, -0.2) is 9.50 Å². The van der Waals surface area contributed by atoms with Gasteiger partial charge in [0, 0.05) is 49.5 Å². The van der Waals surface area contributed by atoms with Crippen molar-refractivity contribution in [2.45, 2.75) is 24.8 Å². The minimum Gasteiger partial charge on any atom is -0.493 e. The molecule has 4 aliphatic rings. The van der Waals surface area contributed by atoms with Gasteiger partial charge in [-0.3, -0.25) is 9.59 Å². The number of nitrogens with zero attached hydrogens (tertiary/aromatic N) is 4. The van der Waals surface area contributed by atoms with E-state index in [9.17, 15) is 9.59 Å². The van der Waals surface area contributed by atoms with Gasteiger partial charge in [-0.05, 0) is 43.5 Å². The first kappa shape index (κ1) is 21.8. The van der Waals surface area contributed by atoms with Gasteiger partial charge in [0.1, 0.15) is 0 Å². The van der Waals surface area contributed by atoms with E-state index < -0.39 is 0 Å². The third-order valence-electron chi connectivity index (χ3n) is 7.54. The lowest BCUT2D eigenvalue weighted by Gasteiger charge is -2.69. The third-order valence-corrected chi connectivity index (χ3v) is 7.54. The Kier molecular flexibility index (Phi) is 4.96. The Morgan fingerprint density at radius 2 is 1.77 bits per heavy atom. The standard InChI is InChI=1S/C25H28N6O4/c1-34-19-4-3-16(11-20(19)35-2)18-5-6-27-21-12-17(29-31(18)21)22(32)28-25-13-24(14-25,15-25)23(33)30-9-7-26-8-10-30/h3-6,11-12,26H,7-10,13-15H2,1-2H3,(H,28,32). The van der Waals surface area contributed by atoms with Crippen molar-refractivity contribution < 1.29 is 19.1 Å². The summed E-state index contributed by atoms with van der Waals surface area (Å²) in [6.45, 7) is 3.21. The SMILES string of the molecule is COc1ccc(-c2ccnc3cc(C(=O)NC45CC(C(=O)N6CCNCC6)(C4)C5)nn23)cc1OC. The van der Waals surface area contributed by atoms with Gasteiger partial charge >= 0.3 is 0 Å². The number of amides is 2. The lowest BCUT2D eigenvalue weighted by Crippen LogP contribution is -2.78. The molecule has 1 aromatic carbocycles. The van der Waals surface area contributed by atoms with Gasteiger partial charge in [0.15, 0.2) is 22.8 Å². The van der Waals surface area contributed by atoms with Gasteiger partial charge in [-0.1, -0.05) is 0 Å². The highest BCUT2D eigenvalue weighted by Crippen LogP contribution is 2.68. The van der Waals surface area contributed by atoms with Crippen molar-refractivity contribution in [3.05, 3.63) is 42.2 Å². The van der Waals surface area contributed by atoms with Gasteiger partial charge in [-0.2, -0.15) is 5.10 Å². The number of carbonyl (C=O) groups excluding carboxylic acids is 2. The minimum atomic E-state index is -0.295. The highest BCUT2D eigenvalue weighted by atomic mass is 16.5. The van der Waals surface area contributed by atoms with Crippen molar-refractivity contribution in [1.29, 1.82) is 0 Å². The molecule has 35 heavy (non-hydrogen) atoms. The molecule has 1 saturated heterocycles. The molecular formula is C25H28N6O4. The Morgan fingerprint density at radius 3 is 2.49 bits per heavy atom. The van der Waals surface area contributed by atoms with E-state index in [0.29, 0.717) is 42.1 Å². The highest BCUT2D eigenvalue weighted by Gasteiger charge is 2.72. The summed E-state index contributed by atoms with van der Waals surface area (Å²) in [4.78, 5) is 32.4. The maximum Gasteiger partial charge on any atom is 0.272 e. The molecule has 4 fully saturated rings. The van der Waals surface area contributed by atoms with Crippen LogP contribution in [0.15, 0.2) is 36.5 Å². The molecular weight excluding hydrogens is 448 g/mol. The Hall–Kier alpha value is -3.66. The molecule has 0 radical (unpaired) electrons. The summed E-state index contributed by atoms with van der Waals surface area (Å²) in [6.07, 6.45) is 3.81. The predicted octanol–water partition coefficient (Wildman–Crippen LogP) is 1.50. The van der Waals surface area contributed by atoms with E-state index in [-0.39, 0.29) is 22.8 Å². The Balaban J connectivity index is 1.19. The molecule has 0 spiro atoms. The van der Waals surface area contributed by atoms with Crippen LogP contribution in [0.4, 0.5) is 0 Å². The van der Waals surface area contributed by atoms with Crippen molar-refractivity contribution in [3.63, 3.8) is 0 Å². The fourth-order valence-electron chi connectivity index (χ4n) is 5.88. The number of piperazine rings is 1. The normalized spacial score (nSPS) is 24.9. The number of ether oxygens (including phenoxy) is 2. The number of benzene rings is 1. The molecule has 0 unspecified atom stereocenters. The van der Waals surface area contributed by atoms with E-state index in [2.05, 4.69) is 20.7 Å². The van der Waals surface area contributed by atoms with Gasteiger partial charge in [0.2, 0.25) is 5.91 Å². The first-order valence-electron chi connectivity index (χ1n) is 11.9. The second kappa shape index (κ2) is 7.94. The van der Waals surface area contributed by atoms with Crippen LogP contribution < -0.4 is 20.1 Å². The average Bonchev–Trinajstić information content (AvgIpc) is 3.29. The largest absolute Gasteiger partial charge is 0.493 e. The molecule has 2 aromatic heterocycles. The zero-order valence-corrected chi connectivity index (χ0v) is 19.8. The zero-order chi connectivity index (χ0) is 24.2. The fourth-order valence-corrected chi connectivity index (χ4v) is 5.88. The van der Waals surface area contributed by atoms with Crippen LogP contribution in [0.3, 0.4) is 0 Å². The minimum absolute atomic E-state index is 0.239. The van der Waals surface area contributed by atoms with Crippen molar-refractivity contribution in [2.75, 3.05) is 40.4 Å². The maximum atomic E-state index is 13.1. The van der Waals surface area contributed by atoms with Crippen molar-refractivity contribution in [3.8, 4) is 22.8 Å². The second-order valence-corrected chi connectivity index (χ2v) is 9.79. The van der Waals surface area contributed by atoms with Crippen LogP contribution in [0.2, 0.25) is 0 Å². The smallest absolute Gasteiger partial charge is 0.272 e. The number of hydrogen-bond donors (Lipinski definition) is 2. The highest BCUT2D eigenvalue weighted by molar-refractivity contribution is 5.96. The number of rotatable bonds is 6. The summed E-state index contributed by atoms with van der Waals surface area (Å²) in [7, 11) is 3.18.